The van der Waals surface area contributed by atoms with Crippen molar-refractivity contribution in [2.75, 3.05) is 11.9 Å². The molecule has 126 valence electrons. The van der Waals surface area contributed by atoms with E-state index in [1.807, 2.05) is 12.1 Å². The Balaban J connectivity index is 1.78. The van der Waals surface area contributed by atoms with Crippen molar-refractivity contribution in [1.29, 1.82) is 0 Å². The Hall–Kier alpha value is -1.51. The lowest BCUT2D eigenvalue weighted by Crippen LogP contribution is -2.30. The molecule has 24 heavy (non-hydrogen) atoms. The summed E-state index contributed by atoms with van der Waals surface area (Å²) in [5.41, 5.74) is 5.14. The predicted octanol–water partition coefficient (Wildman–Crippen LogP) is 5.88. The summed E-state index contributed by atoms with van der Waals surface area (Å²) in [6, 6.07) is 15.1. The largest absolute Gasteiger partial charge is 0.377 e. The zero-order chi connectivity index (χ0) is 16.9. The second kappa shape index (κ2) is 5.79. The fraction of sp³-hybridized carbons (Fsp3) is 0.429. The lowest BCUT2D eigenvalue weighted by atomic mass is 9.78. The van der Waals surface area contributed by atoms with Crippen LogP contribution in [0, 0.1) is 5.92 Å². The Morgan fingerprint density at radius 3 is 2.62 bits per heavy atom. The van der Waals surface area contributed by atoms with Gasteiger partial charge in [0.05, 0.1) is 12.1 Å². The third-order valence-electron chi connectivity index (χ3n) is 5.34. The zero-order valence-electron chi connectivity index (χ0n) is 14.5. The topological polar surface area (TPSA) is 21.3 Å². The first-order valence-corrected chi connectivity index (χ1v) is 9.10. The second-order valence-electron chi connectivity index (χ2n) is 7.94. The highest BCUT2D eigenvalue weighted by atomic mass is 35.5. The van der Waals surface area contributed by atoms with Crippen molar-refractivity contribution in [2.45, 2.75) is 44.8 Å². The molecule has 0 saturated carbocycles. The highest BCUT2D eigenvalue weighted by molar-refractivity contribution is 6.31. The molecule has 2 aliphatic heterocycles. The van der Waals surface area contributed by atoms with E-state index in [9.17, 15) is 0 Å². The lowest BCUT2D eigenvalue weighted by Gasteiger charge is -2.37. The summed E-state index contributed by atoms with van der Waals surface area (Å²) in [5.74, 6) is 0.424. The van der Waals surface area contributed by atoms with E-state index in [1.165, 1.54) is 22.4 Å². The van der Waals surface area contributed by atoms with Crippen molar-refractivity contribution >= 4 is 17.3 Å². The Morgan fingerprint density at radius 1 is 1.08 bits per heavy atom. The van der Waals surface area contributed by atoms with Crippen LogP contribution in [0.2, 0.25) is 5.02 Å². The number of rotatable bonds is 1. The van der Waals surface area contributed by atoms with Gasteiger partial charge >= 0.3 is 0 Å². The van der Waals surface area contributed by atoms with E-state index in [2.05, 4.69) is 56.4 Å². The molecule has 0 aromatic heterocycles. The minimum Gasteiger partial charge on any atom is -0.377 e. The molecule has 2 heterocycles. The first-order chi connectivity index (χ1) is 11.4. The van der Waals surface area contributed by atoms with E-state index >= 15 is 0 Å². The minimum atomic E-state index is 0.142. The van der Waals surface area contributed by atoms with Crippen molar-refractivity contribution in [1.82, 2.24) is 0 Å². The Kier molecular flexibility index (Phi) is 3.85. The third kappa shape index (κ3) is 2.62. The van der Waals surface area contributed by atoms with Crippen molar-refractivity contribution in [3.8, 4) is 0 Å². The van der Waals surface area contributed by atoms with Gasteiger partial charge in [-0.25, -0.2) is 0 Å². The molecule has 3 unspecified atom stereocenters. The highest BCUT2D eigenvalue weighted by Crippen LogP contribution is 2.51. The predicted molar refractivity (Wildman–Crippen MR) is 99.8 cm³/mol. The molecule has 4 rings (SSSR count). The molecule has 2 aliphatic rings. The van der Waals surface area contributed by atoms with Crippen LogP contribution < -0.4 is 5.32 Å². The van der Waals surface area contributed by atoms with Crippen LogP contribution in [0.5, 0.6) is 0 Å². The Bertz CT molecular complexity index is 765. The van der Waals surface area contributed by atoms with Crippen LogP contribution in [0.1, 0.15) is 56.0 Å². The molecule has 2 aromatic carbocycles. The summed E-state index contributed by atoms with van der Waals surface area (Å²) < 4.78 is 6.16. The average molecular weight is 342 g/mol. The summed E-state index contributed by atoms with van der Waals surface area (Å²) >= 11 is 6.48. The van der Waals surface area contributed by atoms with Gasteiger partial charge in [-0.2, -0.15) is 0 Å². The van der Waals surface area contributed by atoms with E-state index in [-0.39, 0.29) is 17.6 Å². The maximum absolute atomic E-state index is 6.48. The molecule has 1 saturated heterocycles. The lowest BCUT2D eigenvalue weighted by molar-refractivity contribution is 0.0828. The fourth-order valence-electron chi connectivity index (χ4n) is 3.97. The van der Waals surface area contributed by atoms with Crippen LogP contribution in [0.3, 0.4) is 0 Å². The van der Waals surface area contributed by atoms with Crippen molar-refractivity contribution in [3.63, 3.8) is 0 Å². The molecule has 2 nitrogen and oxygen atoms in total. The van der Waals surface area contributed by atoms with E-state index in [1.54, 1.807) is 0 Å². The number of anilines is 1. The van der Waals surface area contributed by atoms with Crippen LogP contribution in [0.25, 0.3) is 0 Å². The van der Waals surface area contributed by atoms with Gasteiger partial charge in [0.1, 0.15) is 0 Å². The van der Waals surface area contributed by atoms with Gasteiger partial charge in [0.15, 0.2) is 0 Å². The first-order valence-electron chi connectivity index (χ1n) is 8.72. The number of halogens is 1. The van der Waals surface area contributed by atoms with Crippen molar-refractivity contribution in [2.24, 2.45) is 5.92 Å². The van der Waals surface area contributed by atoms with Crippen molar-refractivity contribution < 1.29 is 4.74 Å². The molecule has 1 fully saturated rings. The molecular formula is C21H24ClNO. The SMILES string of the molecule is CC(C)(C)c1ccc2c(c1)C1OCCC1C(c1ccccc1Cl)N2. The number of hydrogen-bond donors (Lipinski definition) is 1. The fourth-order valence-corrected chi connectivity index (χ4v) is 4.23. The normalized spacial score (nSPS) is 25.8. The van der Waals surface area contributed by atoms with Gasteiger partial charge < -0.3 is 10.1 Å². The average Bonchev–Trinajstić information content (AvgIpc) is 3.03. The van der Waals surface area contributed by atoms with Gasteiger partial charge in [0, 0.05) is 28.8 Å². The van der Waals surface area contributed by atoms with Gasteiger partial charge in [-0.3, -0.25) is 0 Å². The van der Waals surface area contributed by atoms with Gasteiger partial charge in [-0.15, -0.1) is 0 Å². The van der Waals surface area contributed by atoms with Crippen LogP contribution in [-0.2, 0) is 10.2 Å². The van der Waals surface area contributed by atoms with Gasteiger partial charge in [-0.05, 0) is 35.1 Å². The van der Waals surface area contributed by atoms with Gasteiger partial charge in [0.2, 0.25) is 0 Å². The van der Waals surface area contributed by atoms with Gasteiger partial charge in [-0.1, -0.05) is 62.7 Å². The molecule has 0 radical (unpaired) electrons. The van der Waals surface area contributed by atoms with E-state index in [0.29, 0.717) is 5.92 Å². The Morgan fingerprint density at radius 2 is 1.88 bits per heavy atom. The quantitative estimate of drug-likeness (QED) is 0.699. The molecule has 2 aromatic rings. The zero-order valence-corrected chi connectivity index (χ0v) is 15.2. The number of hydrogen-bond acceptors (Lipinski definition) is 2. The van der Waals surface area contributed by atoms with Gasteiger partial charge in [0.25, 0.3) is 0 Å². The molecule has 0 bridgehead atoms. The van der Waals surface area contributed by atoms with E-state index < -0.39 is 0 Å². The number of fused-ring (bicyclic) bond motifs is 3. The second-order valence-corrected chi connectivity index (χ2v) is 8.35. The Labute approximate surface area is 149 Å². The highest BCUT2D eigenvalue weighted by Gasteiger charge is 2.42. The third-order valence-corrected chi connectivity index (χ3v) is 5.69. The van der Waals surface area contributed by atoms with E-state index in [4.69, 9.17) is 16.3 Å². The molecule has 1 N–H and O–H groups in total. The molecule has 0 aliphatic carbocycles. The molecule has 3 heteroatoms. The summed E-state index contributed by atoms with van der Waals surface area (Å²) in [5, 5.41) is 4.57. The molecule has 3 atom stereocenters. The molecule has 0 spiro atoms. The number of ether oxygens (including phenoxy) is 1. The molecule has 0 amide bonds. The van der Waals surface area contributed by atoms with Crippen molar-refractivity contribution in [3.05, 3.63) is 64.2 Å². The summed E-state index contributed by atoms with van der Waals surface area (Å²) in [6.45, 7) is 7.58. The summed E-state index contributed by atoms with van der Waals surface area (Å²) in [4.78, 5) is 0. The number of benzene rings is 2. The standard InChI is InChI=1S/C21H24ClNO/c1-21(2,3)13-8-9-18-16(12-13)20-15(10-11-24-20)19(23-18)14-6-4-5-7-17(14)22/h4-9,12,15,19-20,23H,10-11H2,1-3H3. The molecular weight excluding hydrogens is 318 g/mol. The van der Waals surface area contributed by atoms with Crippen LogP contribution in [0.15, 0.2) is 42.5 Å². The van der Waals surface area contributed by atoms with Crippen LogP contribution >= 0.6 is 11.6 Å². The maximum atomic E-state index is 6.48. The monoisotopic (exact) mass is 341 g/mol. The van der Waals surface area contributed by atoms with Crippen LogP contribution in [-0.4, -0.2) is 6.61 Å². The summed E-state index contributed by atoms with van der Waals surface area (Å²) in [6.07, 6.45) is 1.22. The summed E-state index contributed by atoms with van der Waals surface area (Å²) in [7, 11) is 0. The number of nitrogens with one attached hydrogen (secondary N) is 1. The smallest absolute Gasteiger partial charge is 0.0896 e. The van der Waals surface area contributed by atoms with Crippen LogP contribution in [0.4, 0.5) is 5.69 Å². The maximum Gasteiger partial charge on any atom is 0.0896 e. The van der Waals surface area contributed by atoms with E-state index in [0.717, 1.165) is 18.1 Å². The minimum absolute atomic E-state index is 0.142. The first kappa shape index (κ1) is 16.0.